The molecule has 0 saturated carbocycles. The van der Waals surface area contributed by atoms with E-state index in [0.29, 0.717) is 16.4 Å². The van der Waals surface area contributed by atoms with Gasteiger partial charge in [-0.15, -0.1) is 11.8 Å². The van der Waals surface area contributed by atoms with E-state index in [9.17, 15) is 14.0 Å². The molecule has 8 heteroatoms. The lowest BCUT2D eigenvalue weighted by atomic mass is 10.1. The maximum atomic E-state index is 13.3. The molecule has 4 aromatic rings. The van der Waals surface area contributed by atoms with Crippen LogP contribution in [0.3, 0.4) is 0 Å². The van der Waals surface area contributed by atoms with Crippen LogP contribution in [0.1, 0.15) is 28.1 Å². The third-order valence-electron chi connectivity index (χ3n) is 5.35. The van der Waals surface area contributed by atoms with E-state index in [1.54, 1.807) is 24.3 Å². The molecule has 1 amide bonds. The fraction of sp³-hybridized carbons (Fsp3) is 0.0690. The summed E-state index contributed by atoms with van der Waals surface area (Å²) in [6.07, 6.45) is 0. The number of Topliss-reactive ketones (excluding diaryl/α,β-unsaturated/α-hetero) is 1. The molecule has 0 heterocycles. The fourth-order valence-electron chi connectivity index (χ4n) is 3.51. The van der Waals surface area contributed by atoms with Crippen molar-refractivity contribution in [3.63, 3.8) is 0 Å². The number of carbonyl (C=O) groups is 2. The minimum Gasteiger partial charge on any atom is -0.332 e. The van der Waals surface area contributed by atoms with E-state index in [1.165, 1.54) is 43.0 Å². The summed E-state index contributed by atoms with van der Waals surface area (Å²) in [4.78, 5) is 25.6. The highest BCUT2D eigenvalue weighted by Gasteiger charge is 2.22. The Morgan fingerprint density at radius 3 is 2.05 bits per heavy atom. The average Bonchev–Trinajstić information content (AvgIpc) is 2.89. The Hall–Kier alpha value is -4.01. The summed E-state index contributed by atoms with van der Waals surface area (Å²) in [7, 11) is 0. The molecule has 1 unspecified atom stereocenters. The number of amides is 1. The van der Waals surface area contributed by atoms with Gasteiger partial charge in [-0.2, -0.15) is 0 Å². The first-order valence-corrected chi connectivity index (χ1v) is 12.7. The summed E-state index contributed by atoms with van der Waals surface area (Å²) in [5.41, 5.74) is 3.52. The quantitative estimate of drug-likeness (QED) is 0.126. The van der Waals surface area contributed by atoms with Crippen LogP contribution in [0.2, 0.25) is 0 Å². The molecule has 0 bridgehead atoms. The lowest BCUT2D eigenvalue weighted by Gasteiger charge is -2.18. The predicted octanol–water partition coefficient (Wildman–Crippen LogP) is 7.31. The molecule has 186 valence electrons. The number of benzene rings is 4. The van der Waals surface area contributed by atoms with Crippen LogP contribution in [-0.2, 0) is 4.79 Å². The number of hydrogen-bond acceptors (Lipinski definition) is 4. The molecule has 0 aliphatic rings. The lowest BCUT2D eigenvalue weighted by molar-refractivity contribution is -0.115. The standard InChI is InChI=1S/C29H24FN3O2S2/c1-19(34)20-10-14-24(15-11-20)32-29(36)33-25-8-5-9-26(18-25)37-27(21-6-3-2-4-7-21)28(35)31-23-16-12-22(30)13-17-23/h2-18,27H,1H3,(H,31,35)(H2,32,33,36). The van der Waals surface area contributed by atoms with Crippen molar-refractivity contribution in [1.29, 1.82) is 0 Å². The maximum Gasteiger partial charge on any atom is 0.242 e. The van der Waals surface area contributed by atoms with Crippen molar-refractivity contribution in [2.24, 2.45) is 0 Å². The number of thiocarbonyl (C=S) groups is 1. The lowest BCUT2D eigenvalue weighted by Crippen LogP contribution is -2.19. The normalized spacial score (nSPS) is 11.3. The second-order valence-corrected chi connectivity index (χ2v) is 9.73. The molecule has 0 aromatic heterocycles. The zero-order valence-corrected chi connectivity index (χ0v) is 21.5. The van der Waals surface area contributed by atoms with E-state index in [4.69, 9.17) is 12.2 Å². The van der Waals surface area contributed by atoms with E-state index in [-0.39, 0.29) is 17.5 Å². The Kier molecular flexibility index (Phi) is 8.66. The Morgan fingerprint density at radius 2 is 1.38 bits per heavy atom. The molecular formula is C29H24FN3O2S2. The van der Waals surface area contributed by atoms with Gasteiger partial charge in [0, 0.05) is 27.5 Å². The molecule has 0 aliphatic carbocycles. The van der Waals surface area contributed by atoms with Crippen molar-refractivity contribution in [3.8, 4) is 0 Å². The van der Waals surface area contributed by atoms with Gasteiger partial charge in [0.1, 0.15) is 11.1 Å². The molecule has 4 aromatic carbocycles. The van der Waals surface area contributed by atoms with Gasteiger partial charge < -0.3 is 16.0 Å². The van der Waals surface area contributed by atoms with Crippen LogP contribution in [0.15, 0.2) is 108 Å². The first kappa shape index (κ1) is 26.1. The van der Waals surface area contributed by atoms with Crippen LogP contribution in [-0.4, -0.2) is 16.8 Å². The zero-order chi connectivity index (χ0) is 26.2. The number of thioether (sulfide) groups is 1. The van der Waals surface area contributed by atoms with Gasteiger partial charge in [0.05, 0.1) is 0 Å². The number of halogens is 1. The summed E-state index contributed by atoms with van der Waals surface area (Å²) in [6.45, 7) is 1.52. The molecule has 1 atom stereocenters. The molecule has 0 radical (unpaired) electrons. The second kappa shape index (κ2) is 12.3. The molecule has 0 spiro atoms. The van der Waals surface area contributed by atoms with Crippen molar-refractivity contribution < 1.29 is 14.0 Å². The summed E-state index contributed by atoms with van der Waals surface area (Å²) in [5, 5.41) is 9.00. The summed E-state index contributed by atoms with van der Waals surface area (Å²) >= 11 is 6.85. The van der Waals surface area contributed by atoms with Gasteiger partial charge in [0.2, 0.25) is 5.91 Å². The third-order valence-corrected chi connectivity index (χ3v) is 6.80. The van der Waals surface area contributed by atoms with Crippen LogP contribution < -0.4 is 16.0 Å². The number of nitrogens with one attached hydrogen (secondary N) is 3. The van der Waals surface area contributed by atoms with Crippen molar-refractivity contribution in [3.05, 3.63) is 120 Å². The van der Waals surface area contributed by atoms with Gasteiger partial charge in [0.15, 0.2) is 10.9 Å². The number of carbonyl (C=O) groups excluding carboxylic acids is 2. The van der Waals surface area contributed by atoms with Crippen molar-refractivity contribution in [2.45, 2.75) is 17.1 Å². The van der Waals surface area contributed by atoms with Crippen LogP contribution in [0.4, 0.5) is 21.5 Å². The molecular weight excluding hydrogens is 505 g/mol. The third kappa shape index (κ3) is 7.49. The number of hydrogen-bond donors (Lipinski definition) is 3. The first-order valence-electron chi connectivity index (χ1n) is 11.4. The van der Waals surface area contributed by atoms with Gasteiger partial charge in [-0.25, -0.2) is 4.39 Å². The molecule has 37 heavy (non-hydrogen) atoms. The first-order chi connectivity index (χ1) is 17.9. The Morgan fingerprint density at radius 1 is 0.757 bits per heavy atom. The van der Waals surface area contributed by atoms with E-state index >= 15 is 0 Å². The topological polar surface area (TPSA) is 70.2 Å². The van der Waals surface area contributed by atoms with Crippen molar-refractivity contribution >= 4 is 57.8 Å². The second-order valence-electron chi connectivity index (χ2n) is 8.15. The average molecular weight is 530 g/mol. The Bertz CT molecular complexity index is 1400. The summed E-state index contributed by atoms with van der Waals surface area (Å²) < 4.78 is 13.3. The Labute approximate surface area is 224 Å². The molecule has 5 nitrogen and oxygen atoms in total. The van der Waals surface area contributed by atoms with Gasteiger partial charge in [0.25, 0.3) is 0 Å². The minimum absolute atomic E-state index is 0.00159. The van der Waals surface area contributed by atoms with Crippen LogP contribution in [0.5, 0.6) is 0 Å². The van der Waals surface area contributed by atoms with Gasteiger partial charge in [-0.3, -0.25) is 9.59 Å². The zero-order valence-electron chi connectivity index (χ0n) is 19.9. The van der Waals surface area contributed by atoms with Crippen LogP contribution in [0.25, 0.3) is 0 Å². The summed E-state index contributed by atoms with van der Waals surface area (Å²) in [5.74, 6) is -0.578. The van der Waals surface area contributed by atoms with E-state index in [1.807, 2.05) is 54.6 Å². The minimum atomic E-state index is -0.536. The smallest absolute Gasteiger partial charge is 0.242 e. The van der Waals surface area contributed by atoms with E-state index in [2.05, 4.69) is 16.0 Å². The largest absolute Gasteiger partial charge is 0.332 e. The number of rotatable bonds is 8. The van der Waals surface area contributed by atoms with Crippen molar-refractivity contribution in [1.82, 2.24) is 0 Å². The van der Waals surface area contributed by atoms with E-state index in [0.717, 1.165) is 21.8 Å². The van der Waals surface area contributed by atoms with Gasteiger partial charge >= 0.3 is 0 Å². The molecule has 0 aliphatic heterocycles. The fourth-order valence-corrected chi connectivity index (χ4v) is 4.83. The molecule has 4 rings (SSSR count). The highest BCUT2D eigenvalue weighted by molar-refractivity contribution is 8.00. The van der Waals surface area contributed by atoms with Gasteiger partial charge in [-0.05, 0) is 91.4 Å². The van der Waals surface area contributed by atoms with Gasteiger partial charge in [-0.1, -0.05) is 36.4 Å². The monoisotopic (exact) mass is 529 g/mol. The van der Waals surface area contributed by atoms with Crippen LogP contribution in [0, 0.1) is 5.82 Å². The maximum absolute atomic E-state index is 13.3. The SMILES string of the molecule is CC(=O)c1ccc(NC(=S)Nc2cccc(SC(C(=O)Nc3ccc(F)cc3)c3ccccc3)c2)cc1. The van der Waals surface area contributed by atoms with Crippen LogP contribution >= 0.6 is 24.0 Å². The molecule has 0 fully saturated rings. The molecule has 3 N–H and O–H groups in total. The van der Waals surface area contributed by atoms with E-state index < -0.39 is 5.25 Å². The highest BCUT2D eigenvalue weighted by Crippen LogP contribution is 2.37. The number of anilines is 3. The Balaban J connectivity index is 1.46. The number of ketones is 1. The molecule has 0 saturated heterocycles. The predicted molar refractivity (Wildman–Crippen MR) is 153 cm³/mol. The van der Waals surface area contributed by atoms with Crippen molar-refractivity contribution in [2.75, 3.05) is 16.0 Å². The highest BCUT2D eigenvalue weighted by atomic mass is 32.2. The summed E-state index contributed by atoms with van der Waals surface area (Å²) in [6, 6.07) is 29.8.